The number of nitrogens with zero attached hydrogens (tertiary/aromatic N) is 1. The van der Waals surface area contributed by atoms with E-state index >= 15 is 0 Å². The van der Waals surface area contributed by atoms with Gasteiger partial charge in [0, 0.05) is 29.2 Å². The minimum atomic E-state index is -3.57. The van der Waals surface area contributed by atoms with Crippen molar-refractivity contribution in [1.82, 2.24) is 4.31 Å². The van der Waals surface area contributed by atoms with Gasteiger partial charge in [0.15, 0.2) is 0 Å². The number of piperidine rings is 1. The van der Waals surface area contributed by atoms with Crippen molar-refractivity contribution >= 4 is 45.0 Å². The van der Waals surface area contributed by atoms with Crippen LogP contribution in [0.3, 0.4) is 0 Å². The summed E-state index contributed by atoms with van der Waals surface area (Å²) in [6, 6.07) is 11.4. The molecule has 0 aliphatic carbocycles. The molecule has 2 heterocycles. The highest BCUT2D eigenvalue weighted by molar-refractivity contribution is 8.01. The van der Waals surface area contributed by atoms with E-state index in [0.29, 0.717) is 41.9 Å². The molecule has 1 fully saturated rings. The van der Waals surface area contributed by atoms with Crippen LogP contribution in [0, 0.1) is 11.8 Å². The first-order valence-corrected chi connectivity index (χ1v) is 13.0. The maximum atomic E-state index is 13.0. The first-order valence-electron chi connectivity index (χ1n) is 10.7. The summed E-state index contributed by atoms with van der Waals surface area (Å²) in [7, 11) is -3.57. The highest BCUT2D eigenvalue weighted by atomic mass is 32.2. The molecule has 2 aromatic rings. The van der Waals surface area contributed by atoms with E-state index < -0.39 is 10.0 Å². The van der Waals surface area contributed by atoms with Crippen LogP contribution in [0.2, 0.25) is 0 Å². The van der Waals surface area contributed by atoms with Crippen LogP contribution in [-0.4, -0.2) is 42.9 Å². The molecule has 170 valence electrons. The molecule has 32 heavy (non-hydrogen) atoms. The summed E-state index contributed by atoms with van der Waals surface area (Å²) in [5, 5.41) is 5.44. The largest absolute Gasteiger partial charge is 0.324 e. The summed E-state index contributed by atoms with van der Waals surface area (Å²) >= 11 is 1.46. The van der Waals surface area contributed by atoms with Gasteiger partial charge in [-0.15, -0.1) is 11.8 Å². The molecular formula is C23H27N3O4S2. The third-order valence-electron chi connectivity index (χ3n) is 5.76. The van der Waals surface area contributed by atoms with E-state index in [9.17, 15) is 18.0 Å². The van der Waals surface area contributed by atoms with E-state index in [-0.39, 0.29) is 22.0 Å². The summed E-state index contributed by atoms with van der Waals surface area (Å²) in [5.41, 5.74) is 1.53. The normalized spacial score (nSPS) is 23.8. The molecule has 2 N–H and O–H groups in total. The maximum Gasteiger partial charge on any atom is 0.255 e. The van der Waals surface area contributed by atoms with Crippen molar-refractivity contribution in [2.24, 2.45) is 11.8 Å². The molecule has 7 nitrogen and oxygen atoms in total. The second kappa shape index (κ2) is 8.88. The lowest BCUT2D eigenvalue weighted by molar-refractivity contribution is -0.115. The fraction of sp³-hybridized carbons (Fsp3) is 0.391. The van der Waals surface area contributed by atoms with E-state index in [1.54, 1.807) is 28.6 Å². The Hall–Kier alpha value is -2.36. The molecule has 2 amide bonds. The van der Waals surface area contributed by atoms with Gasteiger partial charge >= 0.3 is 0 Å². The molecule has 0 aromatic heterocycles. The molecule has 0 bridgehead atoms. The number of anilines is 2. The maximum absolute atomic E-state index is 13.0. The molecule has 3 atom stereocenters. The van der Waals surface area contributed by atoms with Gasteiger partial charge in [-0.3, -0.25) is 9.59 Å². The van der Waals surface area contributed by atoms with Gasteiger partial charge in [0.25, 0.3) is 5.91 Å². The number of nitrogens with one attached hydrogen (secondary N) is 2. The van der Waals surface area contributed by atoms with Gasteiger partial charge < -0.3 is 10.6 Å². The van der Waals surface area contributed by atoms with Crippen molar-refractivity contribution in [2.75, 3.05) is 23.7 Å². The van der Waals surface area contributed by atoms with Gasteiger partial charge in [-0.25, -0.2) is 8.42 Å². The molecule has 1 saturated heterocycles. The number of hydrogen-bond donors (Lipinski definition) is 2. The molecule has 0 radical (unpaired) electrons. The molecule has 0 unspecified atom stereocenters. The number of sulfonamides is 1. The lowest BCUT2D eigenvalue weighted by atomic mass is 9.94. The minimum absolute atomic E-state index is 0.0886. The van der Waals surface area contributed by atoms with Gasteiger partial charge in [-0.05, 0) is 67.6 Å². The monoisotopic (exact) mass is 473 g/mol. The zero-order chi connectivity index (χ0) is 23.0. The standard InChI is InChI=1S/C23H27N3O4S2/c1-14-10-15(2)13-26(12-14)32(29,30)19-7-5-18(6-8-19)24-23(28)17-4-9-21-20(11-17)25-22(27)16(3)31-21/h4-9,11,14-16H,10,12-13H2,1-3H3,(H,24,28)(H,25,27)/t14-,15-,16-/m1/s1. The topological polar surface area (TPSA) is 95.6 Å². The number of hydrogen-bond acceptors (Lipinski definition) is 5. The van der Waals surface area contributed by atoms with Crippen LogP contribution >= 0.6 is 11.8 Å². The van der Waals surface area contributed by atoms with Crippen molar-refractivity contribution in [3.05, 3.63) is 48.0 Å². The summed E-state index contributed by atoms with van der Waals surface area (Å²) < 4.78 is 27.6. The van der Waals surface area contributed by atoms with Gasteiger partial charge in [0.1, 0.15) is 0 Å². The third kappa shape index (κ3) is 4.69. The number of thioether (sulfide) groups is 1. The minimum Gasteiger partial charge on any atom is -0.324 e. The quantitative estimate of drug-likeness (QED) is 0.699. The Morgan fingerprint density at radius 2 is 1.72 bits per heavy atom. The summed E-state index contributed by atoms with van der Waals surface area (Å²) in [6.07, 6.45) is 1.03. The average Bonchev–Trinajstić information content (AvgIpc) is 2.74. The highest BCUT2D eigenvalue weighted by Gasteiger charge is 2.31. The number of carbonyl (C=O) groups excluding carboxylic acids is 2. The van der Waals surface area contributed by atoms with E-state index in [4.69, 9.17) is 0 Å². The predicted octanol–water partition coefficient (Wildman–Crippen LogP) is 4.04. The number of carbonyl (C=O) groups is 2. The SMILES string of the molecule is C[C@@H]1C[C@@H](C)CN(S(=O)(=O)c2ccc(NC(=O)c3ccc4c(c3)NC(=O)[C@@H](C)S4)cc2)C1. The van der Waals surface area contributed by atoms with Crippen molar-refractivity contribution in [1.29, 1.82) is 0 Å². The van der Waals surface area contributed by atoms with Crippen LogP contribution < -0.4 is 10.6 Å². The van der Waals surface area contributed by atoms with Crippen molar-refractivity contribution in [2.45, 2.75) is 42.2 Å². The van der Waals surface area contributed by atoms with Crippen LogP contribution in [0.5, 0.6) is 0 Å². The molecule has 9 heteroatoms. The van der Waals surface area contributed by atoms with Crippen LogP contribution in [0.25, 0.3) is 0 Å². The summed E-state index contributed by atoms with van der Waals surface area (Å²) in [4.78, 5) is 25.7. The van der Waals surface area contributed by atoms with Crippen molar-refractivity contribution in [3.8, 4) is 0 Å². The molecule has 2 aliphatic heterocycles. The van der Waals surface area contributed by atoms with E-state index in [0.717, 1.165) is 11.3 Å². The van der Waals surface area contributed by atoms with E-state index in [2.05, 4.69) is 24.5 Å². The summed E-state index contributed by atoms with van der Waals surface area (Å²) in [6.45, 7) is 7.03. The smallest absolute Gasteiger partial charge is 0.255 e. The van der Waals surface area contributed by atoms with Gasteiger partial charge in [0.2, 0.25) is 15.9 Å². The lowest BCUT2D eigenvalue weighted by Gasteiger charge is -2.34. The second-order valence-corrected chi connectivity index (χ2v) is 12.0. The Morgan fingerprint density at radius 3 is 2.38 bits per heavy atom. The second-order valence-electron chi connectivity index (χ2n) is 8.71. The number of amides is 2. The number of fused-ring (bicyclic) bond motifs is 1. The fourth-order valence-electron chi connectivity index (χ4n) is 4.21. The van der Waals surface area contributed by atoms with E-state index in [1.165, 1.54) is 23.9 Å². The zero-order valence-corrected chi connectivity index (χ0v) is 19.9. The molecular weight excluding hydrogens is 446 g/mol. The van der Waals surface area contributed by atoms with Crippen LogP contribution in [-0.2, 0) is 14.8 Å². The van der Waals surface area contributed by atoms with Crippen LogP contribution in [0.1, 0.15) is 37.6 Å². The lowest BCUT2D eigenvalue weighted by Crippen LogP contribution is -2.42. The van der Waals surface area contributed by atoms with Gasteiger partial charge in [-0.2, -0.15) is 4.31 Å². The molecule has 0 spiro atoms. The predicted molar refractivity (Wildman–Crippen MR) is 126 cm³/mol. The Labute approximate surface area is 193 Å². The Kier molecular flexibility index (Phi) is 6.33. The van der Waals surface area contributed by atoms with Gasteiger partial charge in [-0.1, -0.05) is 13.8 Å². The van der Waals surface area contributed by atoms with E-state index in [1.807, 2.05) is 13.0 Å². The Bertz CT molecular complexity index is 1140. The molecule has 0 saturated carbocycles. The van der Waals surface area contributed by atoms with Crippen LogP contribution in [0.15, 0.2) is 52.3 Å². The fourth-order valence-corrected chi connectivity index (χ4v) is 6.82. The first-order chi connectivity index (χ1) is 15.1. The zero-order valence-electron chi connectivity index (χ0n) is 18.3. The third-order valence-corrected chi connectivity index (χ3v) is 8.78. The van der Waals surface area contributed by atoms with Crippen molar-refractivity contribution < 1.29 is 18.0 Å². The average molecular weight is 474 g/mol. The molecule has 2 aromatic carbocycles. The number of rotatable bonds is 4. The molecule has 4 rings (SSSR count). The summed E-state index contributed by atoms with van der Waals surface area (Å²) in [5.74, 6) is 0.236. The first kappa shape index (κ1) is 22.8. The Morgan fingerprint density at radius 1 is 1.06 bits per heavy atom. The van der Waals surface area contributed by atoms with Crippen LogP contribution in [0.4, 0.5) is 11.4 Å². The molecule has 2 aliphatic rings. The number of benzene rings is 2. The highest BCUT2D eigenvalue weighted by Crippen LogP contribution is 2.36. The Balaban J connectivity index is 1.46. The van der Waals surface area contributed by atoms with Crippen molar-refractivity contribution in [3.63, 3.8) is 0 Å². The van der Waals surface area contributed by atoms with Gasteiger partial charge in [0.05, 0.1) is 15.8 Å².